The Morgan fingerprint density at radius 1 is 1.32 bits per heavy atom. The van der Waals surface area contributed by atoms with Crippen LogP contribution < -0.4 is 11.1 Å². The molecule has 1 unspecified atom stereocenters. The van der Waals surface area contributed by atoms with Crippen LogP contribution >= 0.6 is 24.0 Å². The van der Waals surface area contributed by atoms with Gasteiger partial charge in [0.25, 0.3) is 0 Å². The molecule has 2 aliphatic carbocycles. The van der Waals surface area contributed by atoms with Gasteiger partial charge in [-0.25, -0.2) is 4.99 Å². The zero-order chi connectivity index (χ0) is 12.8. The van der Waals surface area contributed by atoms with Crippen molar-refractivity contribution in [3.05, 3.63) is 29.3 Å². The number of rotatable bonds is 2. The molecule has 4 heteroatoms. The number of fused-ring (bicyclic) bond motifs is 1. The highest BCUT2D eigenvalue weighted by Crippen LogP contribution is 2.47. The number of aryl methyl sites for hydroxylation is 2. The van der Waals surface area contributed by atoms with Gasteiger partial charge in [0, 0.05) is 5.69 Å². The molecule has 3 N–H and O–H groups in total. The van der Waals surface area contributed by atoms with Crippen molar-refractivity contribution in [2.75, 3.05) is 5.32 Å². The molecular formula is C15H22IN3. The van der Waals surface area contributed by atoms with E-state index in [-0.39, 0.29) is 24.0 Å². The highest BCUT2D eigenvalue weighted by atomic mass is 127. The molecule has 1 aromatic rings. The summed E-state index contributed by atoms with van der Waals surface area (Å²) >= 11 is 0. The third-order valence-electron chi connectivity index (χ3n) is 4.13. The fourth-order valence-corrected chi connectivity index (χ4v) is 2.66. The Morgan fingerprint density at radius 3 is 2.68 bits per heavy atom. The molecule has 3 nitrogen and oxygen atoms in total. The topological polar surface area (TPSA) is 50.4 Å². The number of hydrogen-bond acceptors (Lipinski definition) is 1. The van der Waals surface area contributed by atoms with E-state index in [0.29, 0.717) is 17.4 Å². The zero-order valence-electron chi connectivity index (χ0n) is 11.6. The van der Waals surface area contributed by atoms with Crippen molar-refractivity contribution < 1.29 is 0 Å². The van der Waals surface area contributed by atoms with Gasteiger partial charge in [-0.1, -0.05) is 19.9 Å². The minimum Gasteiger partial charge on any atom is -0.370 e. The van der Waals surface area contributed by atoms with E-state index < -0.39 is 0 Å². The monoisotopic (exact) mass is 371 g/mol. The third-order valence-corrected chi connectivity index (χ3v) is 4.13. The van der Waals surface area contributed by atoms with E-state index in [4.69, 9.17) is 5.73 Å². The molecule has 0 aromatic heterocycles. The first-order valence-corrected chi connectivity index (χ1v) is 6.77. The van der Waals surface area contributed by atoms with Crippen LogP contribution in [0.2, 0.25) is 0 Å². The molecule has 0 amide bonds. The molecule has 1 aromatic carbocycles. The minimum atomic E-state index is 0. The van der Waals surface area contributed by atoms with E-state index >= 15 is 0 Å². The molecule has 1 atom stereocenters. The minimum absolute atomic E-state index is 0. The molecule has 0 aliphatic heterocycles. The highest BCUT2D eigenvalue weighted by molar-refractivity contribution is 14.0. The van der Waals surface area contributed by atoms with Crippen LogP contribution in [-0.4, -0.2) is 12.0 Å². The summed E-state index contributed by atoms with van der Waals surface area (Å²) in [6.07, 6.45) is 4.82. The Kier molecular flexibility index (Phi) is 4.08. The average Bonchev–Trinajstić information content (AvgIpc) is 2.75. The van der Waals surface area contributed by atoms with Crippen molar-refractivity contribution in [2.45, 2.75) is 45.6 Å². The maximum absolute atomic E-state index is 5.95. The molecule has 19 heavy (non-hydrogen) atoms. The average molecular weight is 371 g/mol. The van der Waals surface area contributed by atoms with Crippen molar-refractivity contribution >= 4 is 35.6 Å². The van der Waals surface area contributed by atoms with Crippen molar-refractivity contribution in [1.29, 1.82) is 0 Å². The first-order valence-electron chi connectivity index (χ1n) is 6.77. The fraction of sp³-hybridized carbons (Fsp3) is 0.533. The van der Waals surface area contributed by atoms with Crippen molar-refractivity contribution in [3.8, 4) is 0 Å². The van der Waals surface area contributed by atoms with Crippen LogP contribution in [0.5, 0.6) is 0 Å². The summed E-state index contributed by atoms with van der Waals surface area (Å²) in [6, 6.07) is 6.91. The number of aliphatic imine (C=N–C) groups is 1. The smallest absolute Gasteiger partial charge is 0.193 e. The molecule has 0 radical (unpaired) electrons. The maximum Gasteiger partial charge on any atom is 0.193 e. The standard InChI is InChI=1S/C15H21N3.HI/c1-15(2)9-13(15)18-14(16)17-12-7-6-10-4-3-5-11(10)8-12;/h6-8,13H,3-5,9H2,1-2H3,(H3,16,17,18);1H. The van der Waals surface area contributed by atoms with Gasteiger partial charge >= 0.3 is 0 Å². The van der Waals surface area contributed by atoms with E-state index in [1.54, 1.807) is 0 Å². The summed E-state index contributed by atoms with van der Waals surface area (Å²) in [5.74, 6) is 0.545. The Balaban J connectivity index is 0.00000133. The molecule has 0 bridgehead atoms. The van der Waals surface area contributed by atoms with Gasteiger partial charge in [0.05, 0.1) is 6.04 Å². The van der Waals surface area contributed by atoms with E-state index in [1.165, 1.54) is 30.4 Å². The van der Waals surface area contributed by atoms with E-state index in [1.807, 2.05) is 0 Å². The molecule has 0 heterocycles. The predicted molar refractivity (Wildman–Crippen MR) is 91.3 cm³/mol. The summed E-state index contributed by atoms with van der Waals surface area (Å²) in [4.78, 5) is 4.51. The van der Waals surface area contributed by atoms with Crippen LogP contribution in [0.1, 0.15) is 37.8 Å². The summed E-state index contributed by atoms with van der Waals surface area (Å²) in [7, 11) is 0. The molecule has 0 saturated heterocycles. The summed E-state index contributed by atoms with van der Waals surface area (Å²) in [6.45, 7) is 4.45. The van der Waals surface area contributed by atoms with Gasteiger partial charge in [0.15, 0.2) is 5.96 Å². The van der Waals surface area contributed by atoms with Crippen molar-refractivity contribution in [1.82, 2.24) is 0 Å². The first kappa shape index (κ1) is 14.6. The number of anilines is 1. The van der Waals surface area contributed by atoms with Gasteiger partial charge in [-0.2, -0.15) is 0 Å². The second-order valence-electron chi connectivity index (χ2n) is 6.18. The Labute approximate surface area is 132 Å². The lowest BCUT2D eigenvalue weighted by Gasteiger charge is -2.08. The number of hydrogen-bond donors (Lipinski definition) is 2. The SMILES string of the molecule is CC1(C)CC1N=C(N)Nc1ccc2c(c1)CCC2.I. The number of nitrogens with zero attached hydrogens (tertiary/aromatic N) is 1. The molecule has 0 spiro atoms. The van der Waals surface area contributed by atoms with Crippen LogP contribution in [0, 0.1) is 5.41 Å². The predicted octanol–water partition coefficient (Wildman–Crippen LogP) is 3.32. The highest BCUT2D eigenvalue weighted by Gasteiger charge is 2.45. The molecule has 1 saturated carbocycles. The van der Waals surface area contributed by atoms with Crippen LogP contribution in [0.3, 0.4) is 0 Å². The number of benzene rings is 1. The lowest BCUT2D eigenvalue weighted by Crippen LogP contribution is -2.23. The van der Waals surface area contributed by atoms with Crippen molar-refractivity contribution in [3.63, 3.8) is 0 Å². The number of nitrogens with two attached hydrogens (primary N) is 1. The molecule has 2 aliphatic rings. The van der Waals surface area contributed by atoms with Crippen LogP contribution in [-0.2, 0) is 12.8 Å². The molecule has 1 fully saturated rings. The maximum atomic E-state index is 5.95. The van der Waals surface area contributed by atoms with Gasteiger partial charge in [0.1, 0.15) is 0 Å². The second kappa shape index (κ2) is 5.31. The lowest BCUT2D eigenvalue weighted by atomic mass is 10.1. The Morgan fingerprint density at radius 2 is 2.00 bits per heavy atom. The number of nitrogens with one attached hydrogen (secondary N) is 1. The van der Waals surface area contributed by atoms with Gasteiger partial charge < -0.3 is 11.1 Å². The van der Waals surface area contributed by atoms with Crippen molar-refractivity contribution in [2.24, 2.45) is 16.1 Å². The van der Waals surface area contributed by atoms with E-state index in [9.17, 15) is 0 Å². The number of halogens is 1. The van der Waals surface area contributed by atoms with Crippen LogP contribution in [0.4, 0.5) is 5.69 Å². The third kappa shape index (κ3) is 3.22. The summed E-state index contributed by atoms with van der Waals surface area (Å²) < 4.78 is 0. The molecular weight excluding hydrogens is 349 g/mol. The summed E-state index contributed by atoms with van der Waals surface area (Å²) in [5.41, 5.74) is 10.3. The Hall–Kier alpha value is -0.780. The zero-order valence-corrected chi connectivity index (χ0v) is 13.9. The quantitative estimate of drug-likeness (QED) is 0.476. The second-order valence-corrected chi connectivity index (χ2v) is 6.18. The number of guanidine groups is 1. The molecule has 3 rings (SSSR count). The summed E-state index contributed by atoms with van der Waals surface area (Å²) in [5, 5.41) is 3.21. The fourth-order valence-electron chi connectivity index (χ4n) is 2.66. The van der Waals surface area contributed by atoms with Gasteiger partial charge in [-0.15, -0.1) is 24.0 Å². The normalized spacial score (nSPS) is 23.5. The van der Waals surface area contributed by atoms with Crippen LogP contribution in [0.25, 0.3) is 0 Å². The van der Waals surface area contributed by atoms with E-state index in [0.717, 1.165) is 12.1 Å². The van der Waals surface area contributed by atoms with Crippen LogP contribution in [0.15, 0.2) is 23.2 Å². The Bertz CT molecular complexity index is 508. The first-order chi connectivity index (χ1) is 8.54. The van der Waals surface area contributed by atoms with Gasteiger partial charge in [-0.3, -0.25) is 0 Å². The molecule has 104 valence electrons. The van der Waals surface area contributed by atoms with Gasteiger partial charge in [0.2, 0.25) is 0 Å². The largest absolute Gasteiger partial charge is 0.370 e. The lowest BCUT2D eigenvalue weighted by molar-refractivity contribution is 0.618. The van der Waals surface area contributed by atoms with E-state index in [2.05, 4.69) is 42.4 Å². The van der Waals surface area contributed by atoms with Gasteiger partial charge in [-0.05, 0) is 54.4 Å².